The van der Waals surface area contributed by atoms with Crippen LogP contribution in [0.1, 0.15) is 44.6 Å². The number of aromatic nitrogens is 2. The first-order valence-electron chi connectivity index (χ1n) is 6.40. The van der Waals surface area contributed by atoms with E-state index in [9.17, 15) is 0 Å². The van der Waals surface area contributed by atoms with Crippen LogP contribution in [0, 0.1) is 0 Å². The molecular formula is C15H20N2. The zero-order valence-electron chi connectivity index (χ0n) is 10.6. The van der Waals surface area contributed by atoms with Crippen molar-refractivity contribution in [3.05, 3.63) is 42.2 Å². The Morgan fingerprint density at radius 1 is 1.18 bits per heavy atom. The zero-order chi connectivity index (χ0) is 12.1. The van der Waals surface area contributed by atoms with Crippen molar-refractivity contribution < 1.29 is 0 Å². The zero-order valence-corrected chi connectivity index (χ0v) is 10.6. The van der Waals surface area contributed by atoms with E-state index in [1.807, 2.05) is 12.4 Å². The van der Waals surface area contributed by atoms with E-state index in [2.05, 4.69) is 48.3 Å². The smallest absolute Gasteiger partial charge is 0.0565 e. The van der Waals surface area contributed by atoms with Gasteiger partial charge in [-0.1, -0.05) is 51.0 Å². The normalized spacial score (nSPS) is 12.6. The molecule has 2 nitrogen and oxygen atoms in total. The fraction of sp³-hybridized carbons (Fsp3) is 0.400. The molecule has 0 aliphatic heterocycles. The fourth-order valence-corrected chi connectivity index (χ4v) is 2.09. The summed E-state index contributed by atoms with van der Waals surface area (Å²) >= 11 is 0. The topological polar surface area (TPSA) is 28.7 Å². The van der Waals surface area contributed by atoms with Crippen molar-refractivity contribution >= 4 is 0 Å². The molecule has 0 bridgehead atoms. The van der Waals surface area contributed by atoms with Crippen LogP contribution in [0.4, 0.5) is 0 Å². The number of rotatable bonds is 5. The predicted molar refractivity (Wildman–Crippen MR) is 72.0 cm³/mol. The van der Waals surface area contributed by atoms with Gasteiger partial charge in [0.25, 0.3) is 0 Å². The molecule has 0 fully saturated rings. The molecule has 1 N–H and O–H groups in total. The van der Waals surface area contributed by atoms with Crippen LogP contribution in [0.25, 0.3) is 11.1 Å². The van der Waals surface area contributed by atoms with Crippen molar-refractivity contribution in [2.75, 3.05) is 0 Å². The largest absolute Gasteiger partial charge is 0.285 e. The quantitative estimate of drug-likeness (QED) is 0.808. The van der Waals surface area contributed by atoms with Gasteiger partial charge in [0.2, 0.25) is 0 Å². The summed E-state index contributed by atoms with van der Waals surface area (Å²) in [4.78, 5) is 0. The van der Waals surface area contributed by atoms with Gasteiger partial charge in [-0.2, -0.15) is 5.10 Å². The Kier molecular flexibility index (Phi) is 3.97. The van der Waals surface area contributed by atoms with Crippen molar-refractivity contribution in [3.63, 3.8) is 0 Å². The molecule has 1 atom stereocenters. The number of nitrogens with zero attached hydrogens (tertiary/aromatic N) is 1. The lowest BCUT2D eigenvalue weighted by molar-refractivity contribution is 0.624. The summed E-state index contributed by atoms with van der Waals surface area (Å²) in [7, 11) is 0. The molecule has 0 amide bonds. The minimum atomic E-state index is 0.661. The minimum absolute atomic E-state index is 0.661. The molecule has 1 aromatic carbocycles. The maximum Gasteiger partial charge on any atom is 0.0565 e. The highest BCUT2D eigenvalue weighted by atomic mass is 15.1. The first kappa shape index (κ1) is 11.9. The number of hydrogen-bond donors (Lipinski definition) is 1. The standard InChI is InChI=1S/C15H20N2/c1-3-4-5-12(2)13-6-8-14(9-7-13)15-10-16-17-11-15/h6-12H,3-5H2,1-2H3,(H,16,17). The number of benzene rings is 1. The fourth-order valence-electron chi connectivity index (χ4n) is 2.09. The monoisotopic (exact) mass is 228 g/mol. The Hall–Kier alpha value is -1.57. The Morgan fingerprint density at radius 2 is 1.94 bits per heavy atom. The molecule has 2 rings (SSSR count). The summed E-state index contributed by atoms with van der Waals surface area (Å²) in [6.45, 7) is 4.55. The van der Waals surface area contributed by atoms with Gasteiger partial charge in [-0.25, -0.2) is 0 Å². The third kappa shape index (κ3) is 2.96. The average molecular weight is 228 g/mol. The van der Waals surface area contributed by atoms with Gasteiger partial charge in [0.05, 0.1) is 6.20 Å². The highest BCUT2D eigenvalue weighted by Gasteiger charge is 2.05. The summed E-state index contributed by atoms with van der Waals surface area (Å²) < 4.78 is 0. The van der Waals surface area contributed by atoms with Gasteiger partial charge >= 0.3 is 0 Å². The van der Waals surface area contributed by atoms with Gasteiger partial charge in [-0.05, 0) is 23.5 Å². The first-order valence-corrected chi connectivity index (χ1v) is 6.40. The van der Waals surface area contributed by atoms with Gasteiger partial charge < -0.3 is 0 Å². The molecule has 0 saturated heterocycles. The van der Waals surface area contributed by atoms with Gasteiger partial charge in [0.1, 0.15) is 0 Å². The van der Waals surface area contributed by atoms with Gasteiger partial charge in [0.15, 0.2) is 0 Å². The number of H-pyrrole nitrogens is 1. The third-order valence-electron chi connectivity index (χ3n) is 3.30. The van der Waals surface area contributed by atoms with Crippen LogP contribution in [0.2, 0.25) is 0 Å². The number of nitrogens with one attached hydrogen (secondary N) is 1. The van der Waals surface area contributed by atoms with Crippen LogP contribution in [-0.4, -0.2) is 10.2 Å². The van der Waals surface area contributed by atoms with E-state index < -0.39 is 0 Å². The van der Waals surface area contributed by atoms with Gasteiger partial charge in [-0.3, -0.25) is 5.10 Å². The number of hydrogen-bond acceptors (Lipinski definition) is 1. The molecule has 0 aliphatic carbocycles. The average Bonchev–Trinajstić information content (AvgIpc) is 2.90. The summed E-state index contributed by atoms with van der Waals surface area (Å²) in [5, 5.41) is 6.82. The van der Waals surface area contributed by atoms with Crippen LogP contribution in [0.15, 0.2) is 36.7 Å². The lowest BCUT2D eigenvalue weighted by Gasteiger charge is -2.11. The van der Waals surface area contributed by atoms with Gasteiger partial charge in [0, 0.05) is 11.8 Å². The predicted octanol–water partition coefficient (Wildman–Crippen LogP) is 4.37. The van der Waals surface area contributed by atoms with E-state index in [0.29, 0.717) is 5.92 Å². The molecular weight excluding hydrogens is 208 g/mol. The van der Waals surface area contributed by atoms with Crippen LogP contribution >= 0.6 is 0 Å². The van der Waals surface area contributed by atoms with E-state index >= 15 is 0 Å². The Balaban J connectivity index is 2.08. The van der Waals surface area contributed by atoms with Crippen molar-refractivity contribution in [1.29, 1.82) is 0 Å². The second-order valence-corrected chi connectivity index (χ2v) is 4.65. The summed E-state index contributed by atoms with van der Waals surface area (Å²) in [5.74, 6) is 0.661. The van der Waals surface area contributed by atoms with Gasteiger partial charge in [-0.15, -0.1) is 0 Å². The molecule has 2 heteroatoms. The van der Waals surface area contributed by atoms with E-state index in [-0.39, 0.29) is 0 Å². The summed E-state index contributed by atoms with van der Waals surface area (Å²) in [6, 6.07) is 8.84. The van der Waals surface area contributed by atoms with Crippen molar-refractivity contribution in [1.82, 2.24) is 10.2 Å². The molecule has 90 valence electrons. The SMILES string of the molecule is CCCCC(C)c1ccc(-c2cn[nH]c2)cc1. The van der Waals surface area contributed by atoms with E-state index in [0.717, 1.165) is 5.56 Å². The highest BCUT2D eigenvalue weighted by molar-refractivity contribution is 5.61. The number of aromatic amines is 1. The van der Waals surface area contributed by atoms with Crippen LogP contribution in [0.3, 0.4) is 0 Å². The molecule has 0 aliphatic rings. The molecule has 0 spiro atoms. The first-order chi connectivity index (χ1) is 8.31. The number of unbranched alkanes of at least 4 members (excludes halogenated alkanes) is 1. The lowest BCUT2D eigenvalue weighted by atomic mass is 9.94. The maximum absolute atomic E-state index is 3.97. The van der Waals surface area contributed by atoms with Crippen LogP contribution in [-0.2, 0) is 0 Å². The summed E-state index contributed by atoms with van der Waals surface area (Å²) in [5.41, 5.74) is 3.81. The van der Waals surface area contributed by atoms with Crippen LogP contribution in [0.5, 0.6) is 0 Å². The molecule has 17 heavy (non-hydrogen) atoms. The summed E-state index contributed by atoms with van der Waals surface area (Å²) in [6.07, 6.45) is 7.65. The Labute approximate surface area is 103 Å². The van der Waals surface area contributed by atoms with E-state index in [1.54, 1.807) is 0 Å². The molecule has 2 aromatic rings. The molecule has 1 heterocycles. The molecule has 0 saturated carbocycles. The van der Waals surface area contributed by atoms with E-state index in [4.69, 9.17) is 0 Å². The van der Waals surface area contributed by atoms with Crippen molar-refractivity contribution in [2.24, 2.45) is 0 Å². The molecule has 1 unspecified atom stereocenters. The second-order valence-electron chi connectivity index (χ2n) is 4.65. The van der Waals surface area contributed by atoms with Crippen molar-refractivity contribution in [3.8, 4) is 11.1 Å². The molecule has 0 radical (unpaired) electrons. The highest BCUT2D eigenvalue weighted by Crippen LogP contribution is 2.24. The third-order valence-corrected chi connectivity index (χ3v) is 3.30. The Morgan fingerprint density at radius 3 is 2.53 bits per heavy atom. The minimum Gasteiger partial charge on any atom is -0.285 e. The molecule has 1 aromatic heterocycles. The van der Waals surface area contributed by atoms with Crippen LogP contribution < -0.4 is 0 Å². The van der Waals surface area contributed by atoms with E-state index in [1.165, 1.54) is 30.4 Å². The maximum atomic E-state index is 3.97. The Bertz CT molecular complexity index is 428. The second kappa shape index (κ2) is 5.67. The lowest BCUT2D eigenvalue weighted by Crippen LogP contribution is -1.93. The van der Waals surface area contributed by atoms with Crippen molar-refractivity contribution in [2.45, 2.75) is 39.0 Å².